The molecule has 0 saturated heterocycles. The molecule has 1 atom stereocenters. The van der Waals surface area contributed by atoms with Crippen LogP contribution in [0.5, 0.6) is 0 Å². The third-order valence-electron chi connectivity index (χ3n) is 3.30. The van der Waals surface area contributed by atoms with Gasteiger partial charge in [0.25, 0.3) is 5.69 Å². The third kappa shape index (κ3) is 4.33. The van der Waals surface area contributed by atoms with Gasteiger partial charge in [-0.05, 0) is 30.7 Å². The zero-order valence-electron chi connectivity index (χ0n) is 12.3. The summed E-state index contributed by atoms with van der Waals surface area (Å²) in [5, 5.41) is 23.3. The molecule has 0 heterocycles. The van der Waals surface area contributed by atoms with Crippen LogP contribution in [0.1, 0.15) is 23.7 Å². The lowest BCUT2D eigenvalue weighted by molar-refractivity contribution is -0.385. The Labute approximate surface area is 131 Å². The topological polar surface area (TPSA) is 92.5 Å². The molecule has 7 heteroatoms. The van der Waals surface area contributed by atoms with Gasteiger partial charge in [-0.15, -0.1) is 0 Å². The predicted octanol–water partition coefficient (Wildman–Crippen LogP) is 3.10. The molecular weight excluding hydrogens is 303 g/mol. The SMILES string of the molecule is Cc1ccc(NC(=O)CC(O)c2cccc(F)c2)cc1[N+](=O)[O-]. The van der Waals surface area contributed by atoms with Gasteiger partial charge in [0.15, 0.2) is 0 Å². The number of aliphatic hydroxyl groups excluding tert-OH is 1. The smallest absolute Gasteiger partial charge is 0.274 e. The van der Waals surface area contributed by atoms with Gasteiger partial charge in [-0.2, -0.15) is 0 Å². The maximum Gasteiger partial charge on any atom is 0.274 e. The maximum absolute atomic E-state index is 13.1. The summed E-state index contributed by atoms with van der Waals surface area (Å²) in [6, 6.07) is 9.65. The number of nitro groups is 1. The molecule has 0 aromatic heterocycles. The van der Waals surface area contributed by atoms with Crippen LogP contribution in [0, 0.1) is 22.9 Å². The minimum absolute atomic E-state index is 0.103. The molecule has 0 bridgehead atoms. The molecule has 23 heavy (non-hydrogen) atoms. The number of hydrogen-bond acceptors (Lipinski definition) is 4. The van der Waals surface area contributed by atoms with Gasteiger partial charge in [0, 0.05) is 17.3 Å². The lowest BCUT2D eigenvalue weighted by Gasteiger charge is -2.11. The predicted molar refractivity (Wildman–Crippen MR) is 82.4 cm³/mol. The number of anilines is 1. The number of carbonyl (C=O) groups is 1. The second-order valence-corrected chi connectivity index (χ2v) is 5.08. The first-order chi connectivity index (χ1) is 10.9. The van der Waals surface area contributed by atoms with E-state index >= 15 is 0 Å². The summed E-state index contributed by atoms with van der Waals surface area (Å²) in [7, 11) is 0. The zero-order chi connectivity index (χ0) is 17.0. The van der Waals surface area contributed by atoms with Crippen molar-refractivity contribution in [2.75, 3.05) is 5.32 Å². The molecule has 0 aliphatic rings. The molecule has 0 aliphatic heterocycles. The number of hydrogen-bond donors (Lipinski definition) is 2. The quantitative estimate of drug-likeness (QED) is 0.654. The standard InChI is InChI=1S/C16H15FN2O4/c1-10-5-6-13(8-14(10)19(22)23)18-16(21)9-15(20)11-3-2-4-12(17)7-11/h2-8,15,20H,9H2,1H3,(H,18,21). The van der Waals surface area contributed by atoms with E-state index in [4.69, 9.17) is 0 Å². The minimum Gasteiger partial charge on any atom is -0.388 e. The van der Waals surface area contributed by atoms with Crippen LogP contribution in [0.3, 0.4) is 0 Å². The molecule has 0 aliphatic carbocycles. The van der Waals surface area contributed by atoms with Gasteiger partial charge in [0.05, 0.1) is 17.4 Å². The Kier molecular flexibility index (Phi) is 5.02. The Bertz CT molecular complexity index is 749. The lowest BCUT2D eigenvalue weighted by atomic mass is 10.1. The summed E-state index contributed by atoms with van der Waals surface area (Å²) in [5.41, 5.74) is 0.926. The Hall–Kier alpha value is -2.80. The van der Waals surface area contributed by atoms with Gasteiger partial charge in [-0.3, -0.25) is 14.9 Å². The first-order valence-corrected chi connectivity index (χ1v) is 6.85. The van der Waals surface area contributed by atoms with Crippen LogP contribution in [0.25, 0.3) is 0 Å². The van der Waals surface area contributed by atoms with Gasteiger partial charge in [-0.25, -0.2) is 4.39 Å². The first-order valence-electron chi connectivity index (χ1n) is 6.85. The number of carbonyl (C=O) groups excluding carboxylic acids is 1. The Morgan fingerprint density at radius 1 is 1.35 bits per heavy atom. The van der Waals surface area contributed by atoms with Crippen LogP contribution < -0.4 is 5.32 Å². The number of aliphatic hydroxyl groups is 1. The molecule has 0 saturated carbocycles. The molecule has 2 N–H and O–H groups in total. The van der Waals surface area contributed by atoms with E-state index in [0.717, 1.165) is 6.07 Å². The van der Waals surface area contributed by atoms with Gasteiger partial charge in [0.1, 0.15) is 5.82 Å². The number of nitrogens with one attached hydrogen (secondary N) is 1. The van der Waals surface area contributed by atoms with E-state index in [1.54, 1.807) is 6.92 Å². The van der Waals surface area contributed by atoms with Gasteiger partial charge in [-0.1, -0.05) is 18.2 Å². The number of aryl methyl sites for hydroxylation is 1. The van der Waals surface area contributed by atoms with E-state index in [1.807, 2.05) is 0 Å². The van der Waals surface area contributed by atoms with Crippen molar-refractivity contribution in [3.8, 4) is 0 Å². The van der Waals surface area contributed by atoms with E-state index in [1.165, 1.54) is 36.4 Å². The second kappa shape index (κ2) is 6.97. The average Bonchev–Trinajstić information content (AvgIpc) is 2.48. The molecule has 2 aromatic rings. The Morgan fingerprint density at radius 3 is 2.74 bits per heavy atom. The summed E-state index contributed by atoms with van der Waals surface area (Å²) >= 11 is 0. The molecule has 120 valence electrons. The normalized spacial score (nSPS) is 11.8. The summed E-state index contributed by atoms with van der Waals surface area (Å²) in [5.74, 6) is -1.03. The average molecular weight is 318 g/mol. The Balaban J connectivity index is 2.05. The fraction of sp³-hybridized carbons (Fsp3) is 0.188. The van der Waals surface area contributed by atoms with Crippen LogP contribution in [0.15, 0.2) is 42.5 Å². The number of nitro benzene ring substituents is 1. The van der Waals surface area contributed by atoms with Crippen molar-refractivity contribution >= 4 is 17.3 Å². The van der Waals surface area contributed by atoms with E-state index in [0.29, 0.717) is 5.56 Å². The molecule has 2 aromatic carbocycles. The lowest BCUT2D eigenvalue weighted by Crippen LogP contribution is -2.15. The number of amides is 1. The highest BCUT2D eigenvalue weighted by molar-refractivity contribution is 5.91. The fourth-order valence-electron chi connectivity index (χ4n) is 2.10. The molecule has 0 radical (unpaired) electrons. The molecule has 0 fully saturated rings. The second-order valence-electron chi connectivity index (χ2n) is 5.08. The van der Waals surface area contributed by atoms with Crippen molar-refractivity contribution in [3.05, 3.63) is 69.5 Å². The van der Waals surface area contributed by atoms with Crippen molar-refractivity contribution in [3.63, 3.8) is 0 Å². The highest BCUT2D eigenvalue weighted by Crippen LogP contribution is 2.23. The monoisotopic (exact) mass is 318 g/mol. The largest absolute Gasteiger partial charge is 0.388 e. The highest BCUT2D eigenvalue weighted by Gasteiger charge is 2.16. The number of nitrogens with zero attached hydrogens (tertiary/aromatic N) is 1. The fourth-order valence-corrected chi connectivity index (χ4v) is 2.10. The third-order valence-corrected chi connectivity index (χ3v) is 3.30. The van der Waals surface area contributed by atoms with Gasteiger partial charge < -0.3 is 10.4 Å². The highest BCUT2D eigenvalue weighted by atomic mass is 19.1. The van der Waals surface area contributed by atoms with Crippen LogP contribution in [0.2, 0.25) is 0 Å². The van der Waals surface area contributed by atoms with Crippen molar-refractivity contribution in [2.24, 2.45) is 0 Å². The van der Waals surface area contributed by atoms with Crippen LogP contribution in [-0.2, 0) is 4.79 Å². The van der Waals surface area contributed by atoms with Crippen molar-refractivity contribution in [1.82, 2.24) is 0 Å². The van der Waals surface area contributed by atoms with E-state index in [9.17, 15) is 24.4 Å². The first kappa shape index (κ1) is 16.6. The van der Waals surface area contributed by atoms with Crippen molar-refractivity contribution in [2.45, 2.75) is 19.4 Å². The molecular formula is C16H15FN2O4. The molecule has 2 rings (SSSR count). The number of rotatable bonds is 5. The van der Waals surface area contributed by atoms with E-state index < -0.39 is 22.8 Å². The summed E-state index contributed by atoms with van der Waals surface area (Å²) in [6.45, 7) is 1.59. The van der Waals surface area contributed by atoms with Crippen molar-refractivity contribution in [1.29, 1.82) is 0 Å². The number of benzene rings is 2. The van der Waals surface area contributed by atoms with Crippen LogP contribution in [-0.4, -0.2) is 15.9 Å². The van der Waals surface area contributed by atoms with Crippen LogP contribution >= 0.6 is 0 Å². The summed E-state index contributed by atoms with van der Waals surface area (Å²) in [4.78, 5) is 22.2. The zero-order valence-corrected chi connectivity index (χ0v) is 12.3. The maximum atomic E-state index is 13.1. The van der Waals surface area contributed by atoms with Crippen molar-refractivity contribution < 1.29 is 19.2 Å². The van der Waals surface area contributed by atoms with Crippen LogP contribution in [0.4, 0.5) is 15.8 Å². The summed E-state index contributed by atoms with van der Waals surface area (Å²) in [6.07, 6.45) is -1.45. The Morgan fingerprint density at radius 2 is 2.09 bits per heavy atom. The van der Waals surface area contributed by atoms with Gasteiger partial charge >= 0.3 is 0 Å². The van der Waals surface area contributed by atoms with E-state index in [2.05, 4.69) is 5.32 Å². The minimum atomic E-state index is -1.16. The molecule has 1 amide bonds. The molecule has 0 spiro atoms. The summed E-state index contributed by atoms with van der Waals surface area (Å²) < 4.78 is 13.1. The molecule has 6 nitrogen and oxygen atoms in total. The van der Waals surface area contributed by atoms with E-state index in [-0.39, 0.29) is 23.4 Å². The number of halogens is 1. The van der Waals surface area contributed by atoms with Gasteiger partial charge in [0.2, 0.25) is 5.91 Å². The molecule has 1 unspecified atom stereocenters.